The number of aliphatic carboxylic acids is 1. The average Bonchev–Trinajstić information content (AvgIpc) is 2.42. The second-order valence-corrected chi connectivity index (χ2v) is 3.85. The summed E-state index contributed by atoms with van der Waals surface area (Å²) in [4.78, 5) is 33.4. The molecule has 2 N–H and O–H groups in total. The van der Waals surface area contributed by atoms with Crippen molar-refractivity contribution in [3.63, 3.8) is 0 Å². The molecule has 0 aliphatic carbocycles. The summed E-state index contributed by atoms with van der Waals surface area (Å²) in [5.41, 5.74) is -3.60. The predicted molar refractivity (Wildman–Crippen MR) is 51.5 cm³/mol. The molecule has 1 atom stereocenters. The topological polar surface area (TPSA) is 86.7 Å². The van der Waals surface area contributed by atoms with Crippen LogP contribution in [0.4, 0.5) is 18.0 Å². The van der Waals surface area contributed by atoms with Crippen LogP contribution in [0.25, 0.3) is 0 Å². The molecule has 3 amide bonds. The first kappa shape index (κ1) is 14.0. The van der Waals surface area contributed by atoms with Crippen LogP contribution >= 0.6 is 0 Å². The number of rotatable bonds is 3. The number of hydrogen-bond donors (Lipinski definition) is 2. The van der Waals surface area contributed by atoms with E-state index in [4.69, 9.17) is 5.11 Å². The standard InChI is InChI=1S/C9H9F3N2O4/c1-4(5(15)16)3-14-6(17)8(2,9(10,11)12)13-7(14)18/h1,3H2,2H3,(H,13,18)(H,15,16). The molecule has 0 bridgehead atoms. The number of amides is 3. The summed E-state index contributed by atoms with van der Waals surface area (Å²) < 4.78 is 37.9. The van der Waals surface area contributed by atoms with Crippen molar-refractivity contribution in [2.45, 2.75) is 18.6 Å². The first-order chi connectivity index (χ1) is 8.00. The molecule has 1 saturated heterocycles. The van der Waals surface area contributed by atoms with E-state index in [0.717, 1.165) is 0 Å². The molecule has 0 radical (unpaired) electrons. The zero-order chi connectivity index (χ0) is 14.3. The van der Waals surface area contributed by atoms with Gasteiger partial charge in [-0.15, -0.1) is 0 Å². The highest BCUT2D eigenvalue weighted by atomic mass is 19.4. The van der Waals surface area contributed by atoms with Crippen LogP contribution in [0.2, 0.25) is 0 Å². The van der Waals surface area contributed by atoms with Crippen LogP contribution < -0.4 is 5.32 Å². The van der Waals surface area contributed by atoms with E-state index < -0.39 is 41.7 Å². The Morgan fingerprint density at radius 1 is 1.50 bits per heavy atom. The van der Waals surface area contributed by atoms with Gasteiger partial charge >= 0.3 is 18.2 Å². The fourth-order valence-electron chi connectivity index (χ4n) is 1.29. The molecule has 1 unspecified atom stereocenters. The number of carbonyl (C=O) groups excluding carboxylic acids is 2. The molecule has 1 aliphatic rings. The molecule has 6 nitrogen and oxygen atoms in total. The van der Waals surface area contributed by atoms with E-state index in [1.807, 2.05) is 0 Å². The number of carboxylic acids is 1. The largest absolute Gasteiger partial charge is 0.478 e. The Morgan fingerprint density at radius 3 is 2.33 bits per heavy atom. The third-order valence-corrected chi connectivity index (χ3v) is 2.49. The first-order valence-corrected chi connectivity index (χ1v) is 4.62. The maximum atomic E-state index is 12.6. The van der Waals surface area contributed by atoms with Gasteiger partial charge in [0, 0.05) is 5.57 Å². The van der Waals surface area contributed by atoms with Gasteiger partial charge in [-0.25, -0.2) is 9.59 Å². The van der Waals surface area contributed by atoms with E-state index in [1.54, 1.807) is 0 Å². The fourth-order valence-corrected chi connectivity index (χ4v) is 1.29. The van der Waals surface area contributed by atoms with E-state index >= 15 is 0 Å². The van der Waals surface area contributed by atoms with Crippen LogP contribution in [0.1, 0.15) is 6.92 Å². The smallest absolute Gasteiger partial charge is 0.420 e. The van der Waals surface area contributed by atoms with Crippen molar-refractivity contribution in [3.8, 4) is 0 Å². The van der Waals surface area contributed by atoms with Gasteiger partial charge in [0.1, 0.15) is 0 Å². The van der Waals surface area contributed by atoms with Gasteiger partial charge in [0.15, 0.2) is 0 Å². The molecule has 1 rings (SSSR count). The zero-order valence-electron chi connectivity index (χ0n) is 9.17. The Morgan fingerprint density at radius 2 is 2.00 bits per heavy atom. The number of hydrogen-bond acceptors (Lipinski definition) is 3. The van der Waals surface area contributed by atoms with Gasteiger partial charge in [-0.1, -0.05) is 6.58 Å². The molecule has 9 heteroatoms. The predicted octanol–water partition coefficient (Wildman–Crippen LogP) is 0.500. The third-order valence-electron chi connectivity index (χ3n) is 2.49. The van der Waals surface area contributed by atoms with Crippen LogP contribution in [0, 0.1) is 0 Å². The van der Waals surface area contributed by atoms with Crippen molar-refractivity contribution in [3.05, 3.63) is 12.2 Å². The zero-order valence-corrected chi connectivity index (χ0v) is 9.17. The van der Waals surface area contributed by atoms with Crippen molar-refractivity contribution in [2.75, 3.05) is 6.54 Å². The fraction of sp³-hybridized carbons (Fsp3) is 0.444. The number of halogens is 3. The lowest BCUT2D eigenvalue weighted by atomic mass is 10.0. The van der Waals surface area contributed by atoms with Crippen molar-refractivity contribution in [2.24, 2.45) is 0 Å². The SMILES string of the molecule is C=C(CN1C(=O)NC(C)(C(F)(F)F)C1=O)C(=O)O. The highest BCUT2D eigenvalue weighted by Crippen LogP contribution is 2.35. The van der Waals surface area contributed by atoms with Gasteiger partial charge < -0.3 is 10.4 Å². The number of alkyl halides is 3. The monoisotopic (exact) mass is 266 g/mol. The van der Waals surface area contributed by atoms with E-state index in [1.165, 1.54) is 5.32 Å². The lowest BCUT2D eigenvalue weighted by molar-refractivity contribution is -0.190. The minimum absolute atomic E-state index is 0.171. The van der Waals surface area contributed by atoms with E-state index in [2.05, 4.69) is 6.58 Å². The lowest BCUT2D eigenvalue weighted by Gasteiger charge is -2.24. The molecule has 18 heavy (non-hydrogen) atoms. The van der Waals surface area contributed by atoms with Crippen LogP contribution in [0.15, 0.2) is 12.2 Å². The van der Waals surface area contributed by atoms with Crippen molar-refractivity contribution >= 4 is 17.9 Å². The van der Waals surface area contributed by atoms with E-state index in [0.29, 0.717) is 6.92 Å². The Labute approximate surface area is 99.0 Å². The molecule has 0 spiro atoms. The number of carboxylic acid groups (broad SMARTS) is 1. The molecular formula is C9H9F3N2O4. The Bertz CT molecular complexity index is 446. The maximum Gasteiger partial charge on any atom is 0.420 e. The summed E-state index contributed by atoms with van der Waals surface area (Å²) in [5.74, 6) is -3.06. The Hall–Kier alpha value is -2.06. The van der Waals surface area contributed by atoms with Crippen LogP contribution in [-0.2, 0) is 9.59 Å². The number of carbonyl (C=O) groups is 3. The molecule has 0 aromatic rings. The average molecular weight is 266 g/mol. The van der Waals surface area contributed by atoms with Crippen LogP contribution in [-0.4, -0.2) is 46.2 Å². The van der Waals surface area contributed by atoms with Gasteiger partial charge in [0.2, 0.25) is 5.54 Å². The summed E-state index contributed by atoms with van der Waals surface area (Å²) in [6, 6.07) is -1.30. The highest BCUT2D eigenvalue weighted by Gasteiger charge is 2.64. The maximum absolute atomic E-state index is 12.6. The normalized spacial score (nSPS) is 24.1. The van der Waals surface area contributed by atoms with Gasteiger partial charge in [0.05, 0.1) is 6.54 Å². The van der Waals surface area contributed by atoms with Gasteiger partial charge in [0.25, 0.3) is 5.91 Å². The van der Waals surface area contributed by atoms with Crippen LogP contribution in [0.5, 0.6) is 0 Å². The van der Waals surface area contributed by atoms with Gasteiger partial charge in [-0.3, -0.25) is 9.69 Å². The van der Waals surface area contributed by atoms with Gasteiger partial charge in [-0.2, -0.15) is 13.2 Å². The minimum atomic E-state index is -4.97. The Balaban J connectivity index is 3.00. The molecular weight excluding hydrogens is 257 g/mol. The van der Waals surface area contributed by atoms with Crippen LogP contribution in [0.3, 0.4) is 0 Å². The molecule has 0 saturated carbocycles. The summed E-state index contributed by atoms with van der Waals surface area (Å²) >= 11 is 0. The second-order valence-electron chi connectivity index (χ2n) is 3.85. The van der Waals surface area contributed by atoms with Crippen molar-refractivity contribution in [1.29, 1.82) is 0 Å². The number of imide groups is 1. The summed E-state index contributed by atoms with van der Waals surface area (Å²) in [5, 5.41) is 10.0. The number of nitrogens with zero attached hydrogens (tertiary/aromatic N) is 1. The molecule has 0 aromatic carbocycles. The van der Waals surface area contributed by atoms with Gasteiger partial charge in [-0.05, 0) is 6.92 Å². The summed E-state index contributed by atoms with van der Waals surface area (Å²) in [6.07, 6.45) is -4.97. The minimum Gasteiger partial charge on any atom is -0.478 e. The Kier molecular flexibility index (Phi) is 3.11. The van der Waals surface area contributed by atoms with Crippen molar-refractivity contribution < 1.29 is 32.7 Å². The molecule has 1 heterocycles. The van der Waals surface area contributed by atoms with E-state index in [9.17, 15) is 27.6 Å². The summed E-state index contributed by atoms with van der Waals surface area (Å²) in [7, 11) is 0. The lowest BCUT2D eigenvalue weighted by Crippen LogP contribution is -2.56. The highest BCUT2D eigenvalue weighted by molar-refractivity contribution is 6.08. The van der Waals surface area contributed by atoms with Crippen molar-refractivity contribution in [1.82, 2.24) is 10.2 Å². The quantitative estimate of drug-likeness (QED) is 0.575. The molecule has 1 aliphatic heterocycles. The second kappa shape index (κ2) is 4.00. The third kappa shape index (κ3) is 2.03. The summed E-state index contributed by atoms with van der Waals surface area (Å²) in [6.45, 7) is 2.75. The molecule has 100 valence electrons. The van der Waals surface area contributed by atoms with E-state index in [-0.39, 0.29) is 4.90 Å². The molecule has 0 aromatic heterocycles. The number of urea groups is 1. The number of nitrogens with one attached hydrogen (secondary N) is 1. The first-order valence-electron chi connectivity index (χ1n) is 4.62. The molecule has 1 fully saturated rings.